The summed E-state index contributed by atoms with van der Waals surface area (Å²) < 4.78 is 0. The molecule has 8 aliphatic carbocycles. The Morgan fingerprint density at radius 3 is 0.496 bits per heavy atom. The summed E-state index contributed by atoms with van der Waals surface area (Å²) in [5.74, 6) is 12.5. The number of nitrogens with one attached hydrogen (secondary N) is 16. The van der Waals surface area contributed by atoms with Crippen molar-refractivity contribution in [1.29, 1.82) is 0 Å². The summed E-state index contributed by atoms with van der Waals surface area (Å²) in [6.07, 6.45) is 41.0. The summed E-state index contributed by atoms with van der Waals surface area (Å²) in [7, 11) is 0. The molecule has 27 heteroatoms. The first-order valence-corrected chi connectivity index (χ1v) is 53.2. The largest absolute Gasteiger partial charge is 2.00 e. The van der Waals surface area contributed by atoms with E-state index in [1.807, 2.05) is 0 Å². The van der Waals surface area contributed by atoms with Crippen LogP contribution in [0, 0.1) is 130 Å². The average molecular weight is 1800 g/mol. The van der Waals surface area contributed by atoms with Gasteiger partial charge < -0.3 is 49.2 Å². The van der Waals surface area contributed by atoms with E-state index in [2.05, 4.69) is 198 Å². The molecule has 721 valence electrons. The van der Waals surface area contributed by atoms with Gasteiger partial charge in [0.25, 0.3) is 0 Å². The van der Waals surface area contributed by atoms with Gasteiger partial charge in [-0.3, -0.25) is 85.1 Å². The van der Waals surface area contributed by atoms with Crippen LogP contribution in [-0.2, 0) is 26.7 Å². The van der Waals surface area contributed by atoms with Gasteiger partial charge in [0.2, 0.25) is 0 Å². The van der Waals surface area contributed by atoms with Crippen LogP contribution in [0.2, 0.25) is 0 Å². The first-order chi connectivity index (χ1) is 60.3. The fourth-order valence-electron chi connectivity index (χ4n) is 31.1. The monoisotopic (exact) mass is 1800 g/mol. The Bertz CT molecular complexity index is 3000. The Kier molecular flexibility index (Phi) is 37.3. The zero-order valence-electron chi connectivity index (χ0n) is 80.7. The van der Waals surface area contributed by atoms with Crippen molar-refractivity contribution in [3.05, 3.63) is 0 Å². The Morgan fingerprint density at radius 2 is 0.344 bits per heavy atom. The van der Waals surface area contributed by atoms with Crippen molar-refractivity contribution in [3.63, 3.8) is 0 Å². The third-order valence-corrected chi connectivity index (χ3v) is 37.4. The van der Waals surface area contributed by atoms with E-state index in [1.54, 1.807) is 0 Å². The summed E-state index contributed by atoms with van der Waals surface area (Å²) in [5.41, 5.74) is 0. The summed E-state index contributed by atoms with van der Waals surface area (Å²) in [6.45, 7) is 51.8. The van der Waals surface area contributed by atoms with Crippen LogP contribution in [0.25, 0.3) is 0 Å². The van der Waals surface area contributed by atoms with Gasteiger partial charge in [0.15, 0.2) is 0 Å². The molecule has 10 aliphatic heterocycles. The van der Waals surface area contributed by atoms with Crippen molar-refractivity contribution >= 4 is 11.9 Å². The standard InChI is InChI=1S/2C47H89N11.2C2H4O2.Cu/c2*1-7-56(8-2)26-29-25-36-39(38(28-58(11-5)12-6)37(29)27-57(9-3)10-4)47-54-45-35-24-18-17-23-34(35)43(52-45)50-41-31-20-14-13-19-30(31)40(48-41)49-42-32-21-15-16-22-33(32)44(51-42)53-46(36)55-47;2*1-2(3)4;/h2*29-55H,7-28H2,1-6H3;2*1H3,(H,3,4);/q;;;;+2/p-2. The van der Waals surface area contributed by atoms with Crippen molar-refractivity contribution in [2.24, 2.45) is 130 Å². The van der Waals surface area contributed by atoms with E-state index in [1.165, 1.54) is 206 Å². The van der Waals surface area contributed by atoms with Crippen LogP contribution in [0.3, 0.4) is 0 Å². The number of rotatable bonds is 24. The van der Waals surface area contributed by atoms with Crippen LogP contribution in [0.15, 0.2) is 0 Å². The van der Waals surface area contributed by atoms with Gasteiger partial charge in [-0.15, -0.1) is 0 Å². The molecule has 0 aromatic heterocycles. The van der Waals surface area contributed by atoms with E-state index in [0.29, 0.717) is 217 Å². The van der Waals surface area contributed by atoms with Crippen molar-refractivity contribution in [3.8, 4) is 0 Å². The molecule has 8 saturated carbocycles. The molecule has 18 aliphatic rings. The minimum absolute atomic E-state index is 0. The van der Waals surface area contributed by atoms with Crippen molar-refractivity contribution in [1.82, 2.24) is 114 Å². The van der Waals surface area contributed by atoms with Gasteiger partial charge in [-0.25, -0.2) is 0 Å². The molecular weight excluding hydrogens is 1610 g/mol. The van der Waals surface area contributed by atoms with Gasteiger partial charge >= 0.3 is 17.1 Å². The number of fused-ring (bicyclic) bond motifs is 40. The predicted molar refractivity (Wildman–Crippen MR) is 496 cm³/mol. The number of carboxylic acids is 2. The van der Waals surface area contributed by atoms with Crippen LogP contribution in [0.1, 0.15) is 264 Å². The van der Waals surface area contributed by atoms with Gasteiger partial charge in [-0.2, -0.15) is 0 Å². The maximum Gasteiger partial charge on any atom is 2.00 e. The van der Waals surface area contributed by atoms with Crippen LogP contribution in [0.4, 0.5) is 0 Å². The van der Waals surface area contributed by atoms with E-state index in [0.717, 1.165) is 92.4 Å². The van der Waals surface area contributed by atoms with Crippen LogP contribution in [0.5, 0.6) is 0 Å². The second-order valence-corrected chi connectivity index (χ2v) is 43.0. The zero-order chi connectivity index (χ0) is 87.0. The Balaban J connectivity index is 0.000000186. The Hall–Kier alpha value is -1.42. The number of aliphatic carboxylic acids is 2. The number of hydrogen-bond donors (Lipinski definition) is 16. The van der Waals surface area contributed by atoms with E-state index in [-0.39, 0.29) is 29.4 Å². The first-order valence-electron chi connectivity index (χ1n) is 53.2. The summed E-state index contributed by atoms with van der Waals surface area (Å²) in [4.78, 5) is 34.4. The minimum atomic E-state index is -1.08. The number of carboxylic acid groups (broad SMARTS) is 2. The van der Waals surface area contributed by atoms with Crippen molar-refractivity contribution in [2.75, 3.05) is 118 Å². The number of carbonyl (C=O) groups is 2. The molecule has 125 heavy (non-hydrogen) atoms. The van der Waals surface area contributed by atoms with Crippen LogP contribution in [-0.4, -0.2) is 258 Å². The molecule has 0 spiro atoms. The molecule has 16 bridgehead atoms. The van der Waals surface area contributed by atoms with E-state index < -0.39 is 11.9 Å². The molecule has 10 saturated heterocycles. The van der Waals surface area contributed by atoms with Crippen molar-refractivity contribution in [2.45, 2.75) is 363 Å². The fraction of sp³-hybridized carbons (Fsp3) is 0.980. The molecule has 0 aromatic rings. The topological polar surface area (TPSA) is 292 Å². The molecule has 26 nitrogen and oxygen atoms in total. The van der Waals surface area contributed by atoms with Gasteiger partial charge in [-0.05, 0) is 312 Å². The molecule has 10 heterocycles. The Morgan fingerprint density at radius 1 is 0.216 bits per heavy atom. The minimum Gasteiger partial charge on any atom is -0.550 e. The second-order valence-electron chi connectivity index (χ2n) is 43.0. The zero-order valence-corrected chi connectivity index (χ0v) is 81.6. The van der Waals surface area contributed by atoms with Crippen LogP contribution < -0.4 is 95.3 Å². The number of nitrogens with zero attached hydrogens (tertiary/aromatic N) is 6. The van der Waals surface area contributed by atoms with E-state index in [9.17, 15) is 0 Å². The van der Waals surface area contributed by atoms with Crippen LogP contribution >= 0.6 is 0 Å². The molecule has 18 fully saturated rings. The average Bonchev–Trinajstić information content (AvgIpc) is 1.71. The third-order valence-electron chi connectivity index (χ3n) is 37.4. The summed E-state index contributed by atoms with van der Waals surface area (Å²) >= 11 is 0. The van der Waals surface area contributed by atoms with Gasteiger partial charge in [0.05, 0.1) is 98.7 Å². The fourth-order valence-corrected chi connectivity index (χ4v) is 31.1. The molecule has 18 rings (SSSR count). The SMILES string of the molecule is CC(=O)[O-].CC(=O)[O-].CCN(CC)CC1CC2C3NC4NC(NC5NC(NC6NC(NC(N3)C2C(CN(CC)CC)C1CN(CC)CC)C1CCCCC61)C1CCCCC51)C1CCCCC41.CCN(CC)CC1CC2C3NC4NC(NC5NC(NC6NC(NC(N3)C2C(CN(CC)CC)C1CN(CC)CC)C1CCCCC61)C1CCCCC51)C1CCCCC41.[Cu+2]. The number of carbonyl (C=O) groups excluding carboxylic acids is 2. The predicted octanol–water partition coefficient (Wildman–Crippen LogP) is 6.13. The van der Waals surface area contributed by atoms with Crippen molar-refractivity contribution < 1.29 is 36.9 Å². The van der Waals surface area contributed by atoms with Gasteiger partial charge in [0.1, 0.15) is 0 Å². The number of hydrogen-bond acceptors (Lipinski definition) is 26. The summed E-state index contributed by atoms with van der Waals surface area (Å²) in [5, 5.41) is 88.2. The van der Waals surface area contributed by atoms with Gasteiger partial charge in [0, 0.05) is 51.2 Å². The van der Waals surface area contributed by atoms with Gasteiger partial charge in [-0.1, -0.05) is 160 Å². The molecule has 38 atom stereocenters. The Labute approximate surface area is 769 Å². The molecular formula is C98H184CuN22O4. The quantitative estimate of drug-likeness (QED) is 0.0484. The van der Waals surface area contributed by atoms with E-state index in [4.69, 9.17) is 19.8 Å². The first kappa shape index (κ1) is 99.5. The second kappa shape index (κ2) is 46.9. The third kappa shape index (κ3) is 22.6. The van der Waals surface area contributed by atoms with E-state index >= 15 is 0 Å². The normalized spacial score (nSPS) is 44.6. The molecule has 38 unspecified atom stereocenters. The smallest absolute Gasteiger partial charge is 0.550 e. The molecule has 1 radical (unpaired) electrons. The molecule has 16 N–H and O–H groups in total. The summed E-state index contributed by atoms with van der Waals surface area (Å²) in [6, 6.07) is 0. The molecule has 0 amide bonds. The maximum atomic E-state index is 8.89. The molecule has 0 aromatic carbocycles. The maximum absolute atomic E-state index is 8.89.